The Hall–Kier alpha value is -2.25. The lowest BCUT2D eigenvalue weighted by atomic mass is 10.0. The second kappa shape index (κ2) is 7.40. The smallest absolute Gasteiger partial charge is 0.163 e. The average molecular weight is 389 g/mol. The van der Waals surface area contributed by atoms with Crippen molar-refractivity contribution in [2.45, 2.75) is 25.8 Å². The Morgan fingerprint density at radius 2 is 2.04 bits per heavy atom. The minimum Gasteiger partial charge on any atom is -0.367 e. The number of nitrogens with zero attached hydrogens (tertiary/aromatic N) is 5. The predicted octanol–water partition coefficient (Wildman–Crippen LogP) is 3.71. The maximum absolute atomic E-state index is 14.6. The number of hydrogen-bond donors (Lipinski definition) is 1. The number of fused-ring (bicyclic) bond motifs is 1. The minimum atomic E-state index is -0.272. The molecule has 142 valence electrons. The van der Waals surface area contributed by atoms with E-state index in [0.717, 1.165) is 42.7 Å². The lowest BCUT2D eigenvalue weighted by Crippen LogP contribution is -2.32. The summed E-state index contributed by atoms with van der Waals surface area (Å²) < 4.78 is 16.4. The molecule has 1 fully saturated rings. The molecule has 1 aliphatic heterocycles. The van der Waals surface area contributed by atoms with Crippen LogP contribution in [0.25, 0.3) is 11.0 Å². The second-order valence-electron chi connectivity index (χ2n) is 6.91. The van der Waals surface area contributed by atoms with Crippen LogP contribution in [0.3, 0.4) is 0 Å². The second-order valence-corrected chi connectivity index (χ2v) is 7.31. The van der Waals surface area contributed by atoms with Gasteiger partial charge in [-0.25, -0.2) is 14.4 Å². The molecule has 1 saturated heterocycles. The van der Waals surface area contributed by atoms with E-state index in [1.807, 2.05) is 14.0 Å². The van der Waals surface area contributed by atoms with Crippen LogP contribution in [0.15, 0.2) is 24.5 Å². The maximum Gasteiger partial charge on any atom is 0.163 e. The number of aromatic nitrogens is 4. The number of halogens is 2. The zero-order valence-electron chi connectivity index (χ0n) is 15.4. The Morgan fingerprint density at radius 1 is 1.26 bits per heavy atom. The first-order valence-electron chi connectivity index (χ1n) is 9.12. The van der Waals surface area contributed by atoms with E-state index in [1.54, 1.807) is 16.8 Å². The molecule has 4 rings (SSSR count). The van der Waals surface area contributed by atoms with E-state index < -0.39 is 0 Å². The highest BCUT2D eigenvalue weighted by molar-refractivity contribution is 6.31. The van der Waals surface area contributed by atoms with Crippen molar-refractivity contribution in [3.63, 3.8) is 0 Å². The van der Waals surface area contributed by atoms with Crippen molar-refractivity contribution in [2.24, 2.45) is 7.05 Å². The minimum absolute atomic E-state index is 0.164. The summed E-state index contributed by atoms with van der Waals surface area (Å²) in [5, 5.41) is 9.17. The van der Waals surface area contributed by atoms with E-state index in [4.69, 9.17) is 11.6 Å². The van der Waals surface area contributed by atoms with Gasteiger partial charge in [0.1, 0.15) is 18.0 Å². The van der Waals surface area contributed by atoms with Gasteiger partial charge in [-0.3, -0.25) is 9.58 Å². The van der Waals surface area contributed by atoms with Gasteiger partial charge in [0, 0.05) is 24.2 Å². The summed E-state index contributed by atoms with van der Waals surface area (Å²) >= 11 is 6.37. The zero-order chi connectivity index (χ0) is 19.0. The van der Waals surface area contributed by atoms with Crippen LogP contribution in [0.2, 0.25) is 5.02 Å². The molecule has 0 amide bonds. The van der Waals surface area contributed by atoms with Gasteiger partial charge in [0.2, 0.25) is 0 Å². The van der Waals surface area contributed by atoms with E-state index in [-0.39, 0.29) is 11.9 Å². The van der Waals surface area contributed by atoms with Crippen molar-refractivity contribution in [1.82, 2.24) is 24.6 Å². The zero-order valence-corrected chi connectivity index (χ0v) is 16.2. The Kier molecular flexibility index (Phi) is 4.97. The van der Waals surface area contributed by atoms with Crippen LogP contribution in [-0.2, 0) is 7.05 Å². The van der Waals surface area contributed by atoms with Gasteiger partial charge in [-0.2, -0.15) is 5.10 Å². The number of anilines is 1. The summed E-state index contributed by atoms with van der Waals surface area (Å²) in [6.07, 6.45) is 3.75. The van der Waals surface area contributed by atoms with Gasteiger partial charge in [0.05, 0.1) is 17.1 Å². The number of likely N-dealkylation sites (tertiary alicyclic amines) is 1. The number of rotatable bonds is 5. The number of nitrogens with one attached hydrogen (secondary N) is 1. The van der Waals surface area contributed by atoms with Crippen molar-refractivity contribution in [3.05, 3.63) is 46.6 Å². The van der Waals surface area contributed by atoms with Crippen LogP contribution in [0.1, 0.15) is 30.1 Å². The number of benzene rings is 1. The molecular formula is C19H22ClFN6. The first-order chi connectivity index (χ1) is 13.1. The van der Waals surface area contributed by atoms with E-state index in [2.05, 4.69) is 25.3 Å². The SMILES string of the molecule is Cc1nn(C)c2ncnc(NCC(c3c(F)cccc3Cl)N3CCCC3)c12. The van der Waals surface area contributed by atoms with Crippen molar-refractivity contribution >= 4 is 28.5 Å². The molecular weight excluding hydrogens is 367 g/mol. The van der Waals surface area contributed by atoms with Gasteiger partial charge in [0.15, 0.2) is 5.65 Å². The molecule has 1 atom stereocenters. The molecule has 1 aliphatic rings. The Morgan fingerprint density at radius 3 is 2.78 bits per heavy atom. The monoisotopic (exact) mass is 388 g/mol. The lowest BCUT2D eigenvalue weighted by molar-refractivity contribution is 0.250. The topological polar surface area (TPSA) is 58.9 Å². The Balaban J connectivity index is 1.67. The van der Waals surface area contributed by atoms with Crippen LogP contribution < -0.4 is 5.32 Å². The first kappa shape index (κ1) is 18.1. The fourth-order valence-corrected chi connectivity index (χ4v) is 4.19. The third kappa shape index (κ3) is 3.37. The van der Waals surface area contributed by atoms with Gasteiger partial charge >= 0.3 is 0 Å². The molecule has 1 unspecified atom stereocenters. The van der Waals surface area contributed by atoms with Gasteiger partial charge in [0.25, 0.3) is 0 Å². The Labute approximate surface area is 162 Å². The molecule has 3 aromatic rings. The Bertz CT molecular complexity index is 946. The van der Waals surface area contributed by atoms with Gasteiger partial charge in [-0.15, -0.1) is 0 Å². The molecule has 8 heteroatoms. The summed E-state index contributed by atoms with van der Waals surface area (Å²) in [5.74, 6) is 0.439. The number of hydrogen-bond acceptors (Lipinski definition) is 5. The summed E-state index contributed by atoms with van der Waals surface area (Å²) in [6, 6.07) is 4.70. The maximum atomic E-state index is 14.6. The van der Waals surface area contributed by atoms with E-state index in [9.17, 15) is 4.39 Å². The quantitative estimate of drug-likeness (QED) is 0.722. The van der Waals surface area contributed by atoms with Gasteiger partial charge in [-0.05, 0) is 45.0 Å². The summed E-state index contributed by atoms with van der Waals surface area (Å²) in [5.41, 5.74) is 2.17. The number of aryl methyl sites for hydroxylation is 2. The molecule has 1 aromatic carbocycles. The van der Waals surface area contributed by atoms with Crippen LogP contribution in [-0.4, -0.2) is 44.3 Å². The van der Waals surface area contributed by atoms with Crippen LogP contribution in [0.5, 0.6) is 0 Å². The van der Waals surface area contributed by atoms with Crippen molar-refractivity contribution in [2.75, 3.05) is 25.0 Å². The first-order valence-corrected chi connectivity index (χ1v) is 9.50. The summed E-state index contributed by atoms with van der Waals surface area (Å²) in [4.78, 5) is 11.0. The molecule has 0 bridgehead atoms. The van der Waals surface area contributed by atoms with Crippen molar-refractivity contribution < 1.29 is 4.39 Å². The summed E-state index contributed by atoms with van der Waals surface area (Å²) in [7, 11) is 1.86. The van der Waals surface area contributed by atoms with Crippen LogP contribution in [0, 0.1) is 12.7 Å². The van der Waals surface area contributed by atoms with E-state index >= 15 is 0 Å². The fourth-order valence-electron chi connectivity index (χ4n) is 3.90. The largest absolute Gasteiger partial charge is 0.367 e. The summed E-state index contributed by atoms with van der Waals surface area (Å²) in [6.45, 7) is 4.30. The van der Waals surface area contributed by atoms with Gasteiger partial charge in [-0.1, -0.05) is 17.7 Å². The lowest BCUT2D eigenvalue weighted by Gasteiger charge is -2.29. The normalized spacial score (nSPS) is 16.1. The molecule has 0 radical (unpaired) electrons. The van der Waals surface area contributed by atoms with Crippen molar-refractivity contribution in [3.8, 4) is 0 Å². The molecule has 1 N–H and O–H groups in total. The fraction of sp³-hybridized carbons (Fsp3) is 0.421. The highest BCUT2D eigenvalue weighted by Gasteiger charge is 2.28. The average Bonchev–Trinajstić information content (AvgIpc) is 3.27. The standard InChI is InChI=1S/C19H22ClFN6/c1-12-16-18(23-11-24-19(16)26(2)25-12)22-10-15(27-8-3-4-9-27)17-13(20)6-5-7-14(17)21/h5-7,11,15H,3-4,8-10H2,1-2H3,(H,22,23,24). The third-order valence-electron chi connectivity index (χ3n) is 5.17. The van der Waals surface area contributed by atoms with Gasteiger partial charge < -0.3 is 5.32 Å². The molecule has 0 spiro atoms. The van der Waals surface area contributed by atoms with Crippen LogP contribution >= 0.6 is 11.6 Å². The molecule has 0 saturated carbocycles. The predicted molar refractivity (Wildman–Crippen MR) is 104 cm³/mol. The molecule has 0 aliphatic carbocycles. The van der Waals surface area contributed by atoms with E-state index in [0.29, 0.717) is 22.9 Å². The highest BCUT2D eigenvalue weighted by atomic mass is 35.5. The molecule has 6 nitrogen and oxygen atoms in total. The third-order valence-corrected chi connectivity index (χ3v) is 5.50. The van der Waals surface area contributed by atoms with Crippen LogP contribution in [0.4, 0.5) is 10.2 Å². The molecule has 3 heterocycles. The van der Waals surface area contributed by atoms with E-state index in [1.165, 1.54) is 12.4 Å². The molecule has 27 heavy (non-hydrogen) atoms. The molecule has 2 aromatic heterocycles. The highest BCUT2D eigenvalue weighted by Crippen LogP contribution is 2.33. The van der Waals surface area contributed by atoms with Crippen molar-refractivity contribution in [1.29, 1.82) is 0 Å².